The fourth-order valence-corrected chi connectivity index (χ4v) is 5.45. The highest BCUT2D eigenvalue weighted by Crippen LogP contribution is 2.45. The van der Waals surface area contributed by atoms with Crippen LogP contribution < -0.4 is 0 Å². The molecule has 0 spiro atoms. The molecule has 1 aliphatic rings. The topological polar surface area (TPSA) is 43.4 Å². The van der Waals surface area contributed by atoms with Crippen LogP contribution in [0.5, 0.6) is 0 Å². The van der Waals surface area contributed by atoms with E-state index in [0.717, 1.165) is 11.5 Å². The van der Waals surface area contributed by atoms with E-state index in [1.807, 2.05) is 35.7 Å². The molecule has 3 rings (SSSR count). The SMILES string of the molecule is O=C(COC(=O)c1ccc(C2SCCS2)cc1)c1ccc(Cl)c(Cl)c1. The molecule has 0 radical (unpaired) electrons. The Morgan fingerprint density at radius 3 is 2.24 bits per heavy atom. The second kappa shape index (κ2) is 8.49. The summed E-state index contributed by atoms with van der Waals surface area (Å²) < 4.78 is 5.54. The highest BCUT2D eigenvalue weighted by atomic mass is 35.5. The zero-order valence-electron chi connectivity index (χ0n) is 13.0. The third-order valence-corrected chi connectivity index (χ3v) is 7.46. The van der Waals surface area contributed by atoms with Crippen LogP contribution in [-0.2, 0) is 4.74 Å². The Morgan fingerprint density at radius 1 is 0.960 bits per heavy atom. The first kappa shape index (κ1) is 18.6. The van der Waals surface area contributed by atoms with Gasteiger partial charge in [0.2, 0.25) is 0 Å². The minimum absolute atomic E-state index is 0.289. The molecular weight excluding hydrogens is 399 g/mol. The molecule has 0 aliphatic carbocycles. The number of thioether (sulfide) groups is 2. The van der Waals surface area contributed by atoms with Gasteiger partial charge in [0.1, 0.15) is 0 Å². The lowest BCUT2D eigenvalue weighted by Crippen LogP contribution is -2.14. The van der Waals surface area contributed by atoms with Gasteiger partial charge in [0.25, 0.3) is 0 Å². The molecule has 130 valence electrons. The lowest BCUT2D eigenvalue weighted by Gasteiger charge is -2.09. The first-order valence-corrected chi connectivity index (χ1v) is 10.4. The van der Waals surface area contributed by atoms with E-state index >= 15 is 0 Å². The minimum Gasteiger partial charge on any atom is -0.454 e. The number of carbonyl (C=O) groups is 2. The quantitative estimate of drug-likeness (QED) is 0.478. The van der Waals surface area contributed by atoms with Gasteiger partial charge in [-0.3, -0.25) is 4.79 Å². The summed E-state index contributed by atoms with van der Waals surface area (Å²) in [5.74, 6) is 1.44. The van der Waals surface area contributed by atoms with E-state index in [1.165, 1.54) is 17.7 Å². The maximum absolute atomic E-state index is 12.1. The first-order chi connectivity index (χ1) is 12.0. The minimum atomic E-state index is -0.522. The smallest absolute Gasteiger partial charge is 0.338 e. The molecule has 1 fully saturated rings. The van der Waals surface area contributed by atoms with Crippen molar-refractivity contribution in [1.29, 1.82) is 0 Å². The number of carbonyl (C=O) groups excluding carboxylic acids is 2. The van der Waals surface area contributed by atoms with Gasteiger partial charge in [0.05, 0.1) is 20.2 Å². The van der Waals surface area contributed by atoms with Gasteiger partial charge in [0, 0.05) is 17.1 Å². The molecule has 1 heterocycles. The summed E-state index contributed by atoms with van der Waals surface area (Å²) in [6, 6.07) is 11.9. The van der Waals surface area contributed by atoms with Crippen LogP contribution >= 0.6 is 46.7 Å². The number of hydrogen-bond acceptors (Lipinski definition) is 5. The van der Waals surface area contributed by atoms with Crippen LogP contribution in [0.1, 0.15) is 30.9 Å². The third kappa shape index (κ3) is 4.73. The maximum Gasteiger partial charge on any atom is 0.338 e. The highest BCUT2D eigenvalue weighted by Gasteiger charge is 2.19. The van der Waals surface area contributed by atoms with Crippen molar-refractivity contribution in [3.63, 3.8) is 0 Å². The molecule has 2 aromatic carbocycles. The molecule has 7 heteroatoms. The van der Waals surface area contributed by atoms with E-state index in [0.29, 0.717) is 20.7 Å². The summed E-state index contributed by atoms with van der Waals surface area (Å²) in [6.45, 7) is -0.340. The van der Waals surface area contributed by atoms with Gasteiger partial charge in [-0.15, -0.1) is 23.5 Å². The van der Waals surface area contributed by atoms with Crippen molar-refractivity contribution in [2.24, 2.45) is 0 Å². The van der Waals surface area contributed by atoms with Crippen LogP contribution in [0.4, 0.5) is 0 Å². The summed E-state index contributed by atoms with van der Waals surface area (Å²) >= 11 is 15.5. The standard InChI is InChI=1S/C18H14Cl2O3S2/c19-14-6-5-13(9-15(14)20)16(21)10-23-17(22)11-1-3-12(4-2-11)18-24-7-8-25-18/h1-6,9,18H,7-8,10H2. The maximum atomic E-state index is 12.1. The van der Waals surface area contributed by atoms with Crippen LogP contribution in [0.3, 0.4) is 0 Å². The lowest BCUT2D eigenvalue weighted by atomic mass is 10.1. The van der Waals surface area contributed by atoms with E-state index in [1.54, 1.807) is 18.2 Å². The fraction of sp³-hybridized carbons (Fsp3) is 0.222. The highest BCUT2D eigenvalue weighted by molar-refractivity contribution is 8.19. The molecule has 0 atom stereocenters. The Labute approximate surface area is 164 Å². The number of hydrogen-bond donors (Lipinski definition) is 0. The second-order valence-electron chi connectivity index (χ2n) is 5.32. The number of halogens is 2. The molecule has 1 saturated heterocycles. The Hall–Kier alpha value is -1.14. The van der Waals surface area contributed by atoms with Gasteiger partial charge >= 0.3 is 5.97 Å². The summed E-state index contributed by atoms with van der Waals surface area (Å²) in [6.07, 6.45) is 0. The molecule has 0 aromatic heterocycles. The number of esters is 1. The van der Waals surface area contributed by atoms with E-state index in [4.69, 9.17) is 27.9 Å². The van der Waals surface area contributed by atoms with Crippen molar-refractivity contribution in [2.45, 2.75) is 4.58 Å². The normalized spacial score (nSPS) is 14.5. The van der Waals surface area contributed by atoms with E-state index in [9.17, 15) is 9.59 Å². The second-order valence-corrected chi connectivity index (χ2v) is 8.86. The molecule has 3 nitrogen and oxygen atoms in total. The summed E-state index contributed by atoms with van der Waals surface area (Å²) in [4.78, 5) is 24.2. The number of ether oxygens (including phenoxy) is 1. The van der Waals surface area contributed by atoms with Crippen molar-refractivity contribution in [3.05, 3.63) is 69.2 Å². The first-order valence-electron chi connectivity index (χ1n) is 7.53. The Morgan fingerprint density at radius 2 is 1.60 bits per heavy atom. The molecule has 0 unspecified atom stereocenters. The summed E-state index contributed by atoms with van der Waals surface area (Å²) in [5, 5.41) is 0.658. The number of rotatable bonds is 5. The third-order valence-electron chi connectivity index (χ3n) is 3.62. The van der Waals surface area contributed by atoms with E-state index < -0.39 is 5.97 Å². The number of benzene rings is 2. The average Bonchev–Trinajstić information content (AvgIpc) is 3.16. The molecule has 0 bridgehead atoms. The van der Waals surface area contributed by atoms with Crippen molar-refractivity contribution in [3.8, 4) is 0 Å². The predicted molar refractivity (Wildman–Crippen MR) is 105 cm³/mol. The predicted octanol–water partition coefficient (Wildman–Crippen LogP) is 5.51. The van der Waals surface area contributed by atoms with Crippen molar-refractivity contribution < 1.29 is 14.3 Å². The molecule has 0 N–H and O–H groups in total. The van der Waals surface area contributed by atoms with Crippen molar-refractivity contribution in [1.82, 2.24) is 0 Å². The Bertz CT molecular complexity index is 787. The Kier molecular flexibility index (Phi) is 6.34. The summed E-state index contributed by atoms with van der Waals surface area (Å²) in [5.41, 5.74) is 1.97. The molecular formula is C18H14Cl2O3S2. The largest absolute Gasteiger partial charge is 0.454 e. The summed E-state index contributed by atoms with van der Waals surface area (Å²) in [7, 11) is 0. The van der Waals surface area contributed by atoms with E-state index in [-0.39, 0.29) is 17.4 Å². The van der Waals surface area contributed by atoms with Gasteiger partial charge in [-0.2, -0.15) is 0 Å². The number of Topliss-reactive ketones (excluding diaryl/α,β-unsaturated/α-hetero) is 1. The zero-order valence-corrected chi connectivity index (χ0v) is 16.2. The van der Waals surface area contributed by atoms with Crippen LogP contribution in [0.2, 0.25) is 10.0 Å². The van der Waals surface area contributed by atoms with Gasteiger partial charge < -0.3 is 4.74 Å². The lowest BCUT2D eigenvalue weighted by molar-refractivity contribution is 0.0475. The van der Waals surface area contributed by atoms with Crippen LogP contribution in [0, 0.1) is 0 Å². The molecule has 2 aromatic rings. The monoisotopic (exact) mass is 412 g/mol. The molecule has 25 heavy (non-hydrogen) atoms. The van der Waals surface area contributed by atoms with Crippen LogP contribution in [0.25, 0.3) is 0 Å². The molecule has 1 aliphatic heterocycles. The molecule has 0 saturated carbocycles. The van der Waals surface area contributed by atoms with Gasteiger partial charge in [-0.1, -0.05) is 35.3 Å². The Balaban J connectivity index is 1.58. The van der Waals surface area contributed by atoms with Crippen LogP contribution in [0.15, 0.2) is 42.5 Å². The van der Waals surface area contributed by atoms with Gasteiger partial charge in [0.15, 0.2) is 12.4 Å². The van der Waals surface area contributed by atoms with Crippen LogP contribution in [-0.4, -0.2) is 29.9 Å². The zero-order chi connectivity index (χ0) is 17.8. The fourth-order valence-electron chi connectivity index (χ4n) is 2.29. The average molecular weight is 413 g/mol. The van der Waals surface area contributed by atoms with Gasteiger partial charge in [-0.25, -0.2) is 4.79 Å². The van der Waals surface area contributed by atoms with Gasteiger partial charge in [-0.05, 0) is 35.9 Å². The van der Waals surface area contributed by atoms with Crippen molar-refractivity contribution >= 4 is 58.5 Å². The van der Waals surface area contributed by atoms with Crippen molar-refractivity contribution in [2.75, 3.05) is 18.1 Å². The molecule has 0 amide bonds. The number of ketones is 1. The van der Waals surface area contributed by atoms with E-state index in [2.05, 4.69) is 0 Å².